The Morgan fingerprint density at radius 3 is 2.48 bits per heavy atom. The standard InChI is InChI=1S/C19H16ClNO4/c1-11-7-9-13(10-8-11)21-16-15(20)18(23)25-19(16)24-17(22)14-6-4-3-5-12(14)2/h3-10,19,21H,1-2H3/t19-/m0/s1. The highest BCUT2D eigenvalue weighted by Gasteiger charge is 2.36. The smallest absolute Gasteiger partial charge is 0.355 e. The first-order valence-corrected chi connectivity index (χ1v) is 8.04. The quantitative estimate of drug-likeness (QED) is 0.840. The number of halogens is 1. The van der Waals surface area contributed by atoms with E-state index in [1.807, 2.05) is 37.3 Å². The first kappa shape index (κ1) is 17.0. The summed E-state index contributed by atoms with van der Waals surface area (Å²) in [6, 6.07) is 14.5. The van der Waals surface area contributed by atoms with Gasteiger partial charge in [0.15, 0.2) is 5.03 Å². The lowest BCUT2D eigenvalue weighted by Crippen LogP contribution is -2.24. The molecule has 128 valence electrons. The summed E-state index contributed by atoms with van der Waals surface area (Å²) in [7, 11) is 0. The molecule has 0 amide bonds. The summed E-state index contributed by atoms with van der Waals surface area (Å²) in [4.78, 5) is 24.2. The van der Waals surface area contributed by atoms with Crippen molar-refractivity contribution in [3.8, 4) is 0 Å². The number of cyclic esters (lactones) is 1. The van der Waals surface area contributed by atoms with Crippen LogP contribution in [0.15, 0.2) is 59.3 Å². The molecule has 2 aromatic rings. The average molecular weight is 358 g/mol. The van der Waals surface area contributed by atoms with Gasteiger partial charge in [0.2, 0.25) is 0 Å². The van der Waals surface area contributed by atoms with Crippen molar-refractivity contribution in [2.45, 2.75) is 20.1 Å². The molecule has 1 aliphatic heterocycles. The van der Waals surface area contributed by atoms with Crippen LogP contribution in [0.2, 0.25) is 0 Å². The van der Waals surface area contributed by atoms with Gasteiger partial charge in [-0.1, -0.05) is 47.5 Å². The molecular formula is C19H16ClNO4. The van der Waals surface area contributed by atoms with Crippen molar-refractivity contribution in [1.82, 2.24) is 0 Å². The number of rotatable bonds is 4. The molecule has 0 aliphatic carbocycles. The molecule has 6 heteroatoms. The Hall–Kier alpha value is -2.79. The molecule has 1 atom stereocenters. The minimum absolute atomic E-state index is 0.136. The van der Waals surface area contributed by atoms with Gasteiger partial charge in [0, 0.05) is 5.69 Å². The second-order valence-corrected chi connectivity index (χ2v) is 6.05. The maximum Gasteiger partial charge on any atom is 0.355 e. The minimum Gasteiger partial charge on any atom is -0.415 e. The molecule has 0 spiro atoms. The summed E-state index contributed by atoms with van der Waals surface area (Å²) in [6.45, 7) is 3.76. The molecule has 25 heavy (non-hydrogen) atoms. The van der Waals surface area contributed by atoms with E-state index in [4.69, 9.17) is 21.1 Å². The van der Waals surface area contributed by atoms with Gasteiger partial charge in [0.25, 0.3) is 6.29 Å². The van der Waals surface area contributed by atoms with E-state index >= 15 is 0 Å². The van der Waals surface area contributed by atoms with Crippen molar-refractivity contribution in [2.75, 3.05) is 5.32 Å². The molecule has 0 radical (unpaired) electrons. The van der Waals surface area contributed by atoms with E-state index in [0.717, 1.165) is 11.1 Å². The van der Waals surface area contributed by atoms with Crippen molar-refractivity contribution in [1.29, 1.82) is 0 Å². The zero-order valence-electron chi connectivity index (χ0n) is 13.7. The van der Waals surface area contributed by atoms with Gasteiger partial charge in [0.05, 0.1) is 5.56 Å². The van der Waals surface area contributed by atoms with Gasteiger partial charge >= 0.3 is 11.9 Å². The fourth-order valence-electron chi connectivity index (χ4n) is 2.37. The third kappa shape index (κ3) is 3.67. The van der Waals surface area contributed by atoms with E-state index < -0.39 is 18.2 Å². The van der Waals surface area contributed by atoms with Crippen molar-refractivity contribution in [3.63, 3.8) is 0 Å². The molecule has 1 N–H and O–H groups in total. The highest BCUT2D eigenvalue weighted by atomic mass is 35.5. The topological polar surface area (TPSA) is 64.6 Å². The van der Waals surface area contributed by atoms with Gasteiger partial charge in [-0.2, -0.15) is 0 Å². The zero-order chi connectivity index (χ0) is 18.0. The Morgan fingerprint density at radius 2 is 1.80 bits per heavy atom. The van der Waals surface area contributed by atoms with Crippen LogP contribution in [-0.2, 0) is 14.3 Å². The first-order chi connectivity index (χ1) is 12.0. The Bertz CT molecular complexity index is 858. The highest BCUT2D eigenvalue weighted by molar-refractivity contribution is 6.42. The van der Waals surface area contributed by atoms with Crippen LogP contribution in [0.5, 0.6) is 0 Å². The van der Waals surface area contributed by atoms with Crippen molar-refractivity contribution in [3.05, 3.63) is 76.0 Å². The summed E-state index contributed by atoms with van der Waals surface area (Å²) in [5.74, 6) is -1.33. The Labute approximate surface area is 150 Å². The van der Waals surface area contributed by atoms with Crippen molar-refractivity contribution < 1.29 is 19.1 Å². The SMILES string of the molecule is Cc1ccc(NC2=C(Cl)C(=O)O[C@@H]2OC(=O)c2ccccc2C)cc1. The fourth-order valence-corrected chi connectivity index (χ4v) is 2.55. The van der Waals surface area contributed by atoms with Crippen LogP contribution in [-0.4, -0.2) is 18.2 Å². The van der Waals surface area contributed by atoms with E-state index in [-0.39, 0.29) is 10.7 Å². The van der Waals surface area contributed by atoms with Gasteiger partial charge in [-0.05, 0) is 37.6 Å². The summed E-state index contributed by atoms with van der Waals surface area (Å²) < 4.78 is 10.4. The summed E-state index contributed by atoms with van der Waals surface area (Å²) >= 11 is 6.02. The molecule has 0 saturated heterocycles. The number of carbonyl (C=O) groups is 2. The van der Waals surface area contributed by atoms with Gasteiger partial charge in [-0.3, -0.25) is 0 Å². The summed E-state index contributed by atoms with van der Waals surface area (Å²) in [6.07, 6.45) is -1.21. The van der Waals surface area contributed by atoms with Crippen molar-refractivity contribution >= 4 is 29.2 Å². The molecule has 0 saturated carbocycles. The maximum absolute atomic E-state index is 12.4. The van der Waals surface area contributed by atoms with Crippen LogP contribution >= 0.6 is 11.6 Å². The highest BCUT2D eigenvalue weighted by Crippen LogP contribution is 2.29. The second kappa shape index (κ2) is 6.99. The lowest BCUT2D eigenvalue weighted by molar-refractivity contribution is -0.152. The summed E-state index contributed by atoms with van der Waals surface area (Å²) in [5.41, 5.74) is 3.16. The van der Waals surface area contributed by atoms with Crippen LogP contribution in [0.25, 0.3) is 0 Å². The molecule has 5 nitrogen and oxygen atoms in total. The summed E-state index contributed by atoms with van der Waals surface area (Å²) in [5, 5.41) is 2.86. The third-order valence-corrected chi connectivity index (χ3v) is 4.13. The number of nitrogens with one attached hydrogen (secondary N) is 1. The molecule has 1 heterocycles. The number of aryl methyl sites for hydroxylation is 2. The molecule has 0 aromatic heterocycles. The van der Waals surface area contributed by atoms with Gasteiger partial charge in [0.1, 0.15) is 5.70 Å². The van der Waals surface area contributed by atoms with Gasteiger partial charge in [-0.15, -0.1) is 0 Å². The van der Waals surface area contributed by atoms with E-state index in [0.29, 0.717) is 11.3 Å². The maximum atomic E-state index is 12.4. The molecule has 0 unspecified atom stereocenters. The van der Waals surface area contributed by atoms with E-state index in [9.17, 15) is 9.59 Å². The molecule has 3 rings (SSSR count). The Balaban J connectivity index is 1.80. The molecule has 1 aliphatic rings. The van der Waals surface area contributed by atoms with E-state index in [2.05, 4.69) is 5.32 Å². The monoisotopic (exact) mass is 357 g/mol. The average Bonchev–Trinajstić information content (AvgIpc) is 2.84. The minimum atomic E-state index is -1.21. The predicted octanol–water partition coefficient (Wildman–Crippen LogP) is 3.91. The lowest BCUT2D eigenvalue weighted by atomic mass is 10.1. The van der Waals surface area contributed by atoms with Crippen LogP contribution < -0.4 is 5.32 Å². The number of ether oxygens (including phenoxy) is 2. The van der Waals surface area contributed by atoms with Crippen LogP contribution in [0.3, 0.4) is 0 Å². The van der Waals surface area contributed by atoms with E-state index in [1.54, 1.807) is 25.1 Å². The van der Waals surface area contributed by atoms with E-state index in [1.165, 1.54) is 0 Å². The van der Waals surface area contributed by atoms with Gasteiger partial charge < -0.3 is 14.8 Å². The molecular weight excluding hydrogens is 342 g/mol. The van der Waals surface area contributed by atoms with Crippen LogP contribution in [0.4, 0.5) is 5.69 Å². The molecule has 2 aromatic carbocycles. The van der Waals surface area contributed by atoms with Crippen LogP contribution in [0.1, 0.15) is 21.5 Å². The third-order valence-electron chi connectivity index (χ3n) is 3.78. The van der Waals surface area contributed by atoms with Gasteiger partial charge in [-0.25, -0.2) is 9.59 Å². The second-order valence-electron chi connectivity index (χ2n) is 5.68. The largest absolute Gasteiger partial charge is 0.415 e. The van der Waals surface area contributed by atoms with Crippen LogP contribution in [0, 0.1) is 13.8 Å². The number of esters is 2. The fraction of sp³-hybridized carbons (Fsp3) is 0.158. The number of benzene rings is 2. The molecule has 0 fully saturated rings. The number of carbonyl (C=O) groups excluding carboxylic acids is 2. The normalized spacial score (nSPS) is 16.6. The predicted molar refractivity (Wildman–Crippen MR) is 94.2 cm³/mol. The Morgan fingerprint density at radius 1 is 1.12 bits per heavy atom. The number of hydrogen-bond donors (Lipinski definition) is 1. The molecule has 0 bridgehead atoms. The zero-order valence-corrected chi connectivity index (χ0v) is 14.5. The lowest BCUT2D eigenvalue weighted by Gasteiger charge is -2.17. The Kier molecular flexibility index (Phi) is 4.76. The van der Waals surface area contributed by atoms with Crippen molar-refractivity contribution in [2.24, 2.45) is 0 Å². The number of hydrogen-bond acceptors (Lipinski definition) is 5. The first-order valence-electron chi connectivity index (χ1n) is 7.66. The number of anilines is 1.